The van der Waals surface area contributed by atoms with Gasteiger partial charge in [0.05, 0.1) is 11.4 Å². The molecule has 1 aliphatic heterocycles. The van der Waals surface area contributed by atoms with Crippen LogP contribution in [0, 0.1) is 0 Å². The first-order valence-electron chi connectivity index (χ1n) is 9.30. The Morgan fingerprint density at radius 3 is 2.12 bits per heavy atom. The second-order valence-electron chi connectivity index (χ2n) is 6.85. The summed E-state index contributed by atoms with van der Waals surface area (Å²) in [4.78, 5) is 7.59. The topological polar surface area (TPSA) is 15.6 Å². The van der Waals surface area contributed by atoms with Gasteiger partial charge in [-0.05, 0) is 30.2 Å². The molecule has 0 bridgehead atoms. The van der Waals surface area contributed by atoms with Gasteiger partial charge in [-0.3, -0.25) is 0 Å². The van der Waals surface area contributed by atoms with Gasteiger partial charge in [0.25, 0.3) is 0 Å². The van der Waals surface area contributed by atoms with Crippen LogP contribution in [0.15, 0.2) is 89.9 Å². The maximum Gasteiger partial charge on any atom is 0.108 e. The first kappa shape index (κ1) is 16.6. The van der Waals surface area contributed by atoms with Crippen LogP contribution in [0.1, 0.15) is 30.9 Å². The molecule has 0 amide bonds. The summed E-state index contributed by atoms with van der Waals surface area (Å²) in [5.41, 5.74) is 5.69. The van der Waals surface area contributed by atoms with E-state index in [1.54, 1.807) is 0 Å². The van der Waals surface area contributed by atoms with E-state index in [2.05, 4.69) is 85.6 Å². The Kier molecular flexibility index (Phi) is 4.34. The zero-order valence-corrected chi connectivity index (χ0v) is 15.4. The monoisotopic (exact) mass is 340 g/mol. The standard InChI is InChI=1S/C24H24N2/c1-3-18-24(19-12-6-4-7-13-19)23(25-20-14-8-5-9-15-20)21-16-10-11-17-22(21)26(24)2/h4-17H,3,18H2,1-2H3/b25-23-. The Balaban J connectivity index is 2.00. The van der Waals surface area contributed by atoms with Crippen molar-refractivity contribution in [3.8, 4) is 0 Å². The van der Waals surface area contributed by atoms with Crippen LogP contribution in [0.5, 0.6) is 0 Å². The second kappa shape index (κ2) is 6.80. The smallest absolute Gasteiger partial charge is 0.108 e. The molecule has 0 fully saturated rings. The normalized spacial score (nSPS) is 20.4. The first-order chi connectivity index (χ1) is 12.8. The highest BCUT2D eigenvalue weighted by molar-refractivity contribution is 6.18. The average molecular weight is 340 g/mol. The minimum absolute atomic E-state index is 0.241. The summed E-state index contributed by atoms with van der Waals surface area (Å²) in [6, 6.07) is 29.7. The SMILES string of the molecule is CCCC1(c2ccccc2)/C(=N\c2ccccc2)c2ccccc2N1C. The highest BCUT2D eigenvalue weighted by Gasteiger charge is 2.48. The molecule has 1 aliphatic rings. The molecule has 0 N–H and O–H groups in total. The second-order valence-corrected chi connectivity index (χ2v) is 6.85. The third-order valence-electron chi connectivity index (χ3n) is 5.35. The Morgan fingerprint density at radius 2 is 1.42 bits per heavy atom. The molecule has 2 heteroatoms. The number of benzene rings is 3. The minimum Gasteiger partial charge on any atom is -0.359 e. The average Bonchev–Trinajstić information content (AvgIpc) is 2.94. The van der Waals surface area contributed by atoms with Crippen LogP contribution in [-0.2, 0) is 5.54 Å². The van der Waals surface area contributed by atoms with E-state index in [9.17, 15) is 0 Å². The molecular weight excluding hydrogens is 316 g/mol. The van der Waals surface area contributed by atoms with E-state index >= 15 is 0 Å². The van der Waals surface area contributed by atoms with E-state index in [4.69, 9.17) is 4.99 Å². The van der Waals surface area contributed by atoms with Crippen LogP contribution in [-0.4, -0.2) is 12.8 Å². The summed E-state index contributed by atoms with van der Waals surface area (Å²) in [5, 5.41) is 0. The summed E-state index contributed by atoms with van der Waals surface area (Å²) in [6.45, 7) is 2.25. The van der Waals surface area contributed by atoms with Gasteiger partial charge in [0.15, 0.2) is 0 Å². The molecular formula is C24H24N2. The quantitative estimate of drug-likeness (QED) is 0.573. The van der Waals surface area contributed by atoms with Crippen LogP contribution in [0.25, 0.3) is 0 Å². The molecule has 0 saturated heterocycles. The molecule has 130 valence electrons. The molecule has 0 aliphatic carbocycles. The lowest BCUT2D eigenvalue weighted by Gasteiger charge is -2.39. The van der Waals surface area contributed by atoms with Gasteiger partial charge < -0.3 is 4.90 Å². The van der Waals surface area contributed by atoms with E-state index in [1.165, 1.54) is 16.8 Å². The number of nitrogens with zero attached hydrogens (tertiary/aromatic N) is 2. The molecule has 4 rings (SSSR count). The summed E-state index contributed by atoms with van der Waals surface area (Å²) >= 11 is 0. The number of likely N-dealkylation sites (N-methyl/N-ethyl adjacent to an activating group) is 1. The number of fused-ring (bicyclic) bond motifs is 1. The number of anilines is 1. The van der Waals surface area contributed by atoms with Gasteiger partial charge in [-0.15, -0.1) is 0 Å². The molecule has 3 aromatic rings. The maximum atomic E-state index is 5.17. The fourth-order valence-electron chi connectivity index (χ4n) is 4.17. The fraction of sp³-hybridized carbons (Fsp3) is 0.208. The number of para-hydroxylation sites is 2. The number of hydrogen-bond acceptors (Lipinski definition) is 2. The van der Waals surface area contributed by atoms with Crippen molar-refractivity contribution in [2.24, 2.45) is 4.99 Å². The Morgan fingerprint density at radius 1 is 0.808 bits per heavy atom. The lowest BCUT2D eigenvalue weighted by Crippen LogP contribution is -2.45. The zero-order valence-electron chi connectivity index (χ0n) is 15.4. The predicted molar refractivity (Wildman–Crippen MR) is 111 cm³/mol. The van der Waals surface area contributed by atoms with E-state index in [-0.39, 0.29) is 5.54 Å². The molecule has 0 spiro atoms. The third kappa shape index (κ3) is 2.53. The van der Waals surface area contributed by atoms with Crippen LogP contribution in [0.3, 0.4) is 0 Å². The van der Waals surface area contributed by atoms with Crippen molar-refractivity contribution in [1.82, 2.24) is 0 Å². The third-order valence-corrected chi connectivity index (χ3v) is 5.35. The van der Waals surface area contributed by atoms with E-state index in [0.717, 1.165) is 24.2 Å². The lowest BCUT2D eigenvalue weighted by molar-refractivity contribution is 0.520. The van der Waals surface area contributed by atoms with Gasteiger partial charge in [0.2, 0.25) is 0 Å². The van der Waals surface area contributed by atoms with Gasteiger partial charge in [0.1, 0.15) is 5.54 Å². The molecule has 1 unspecified atom stereocenters. The Bertz CT molecular complexity index is 915. The van der Waals surface area contributed by atoms with Crippen molar-refractivity contribution in [2.45, 2.75) is 25.3 Å². The van der Waals surface area contributed by atoms with E-state index in [0.29, 0.717) is 0 Å². The van der Waals surface area contributed by atoms with E-state index < -0.39 is 0 Å². The molecule has 1 heterocycles. The Hall–Kier alpha value is -2.87. The fourth-order valence-corrected chi connectivity index (χ4v) is 4.17. The minimum atomic E-state index is -0.241. The summed E-state index contributed by atoms with van der Waals surface area (Å²) < 4.78 is 0. The lowest BCUT2D eigenvalue weighted by atomic mass is 9.80. The van der Waals surface area contributed by atoms with Crippen LogP contribution in [0.4, 0.5) is 11.4 Å². The van der Waals surface area contributed by atoms with Gasteiger partial charge in [-0.1, -0.05) is 80.1 Å². The molecule has 0 saturated carbocycles. The van der Waals surface area contributed by atoms with Crippen molar-refractivity contribution in [3.05, 3.63) is 96.1 Å². The van der Waals surface area contributed by atoms with Crippen molar-refractivity contribution in [1.29, 1.82) is 0 Å². The Labute approximate surface area is 155 Å². The van der Waals surface area contributed by atoms with Gasteiger partial charge >= 0.3 is 0 Å². The van der Waals surface area contributed by atoms with E-state index in [1.807, 2.05) is 18.2 Å². The van der Waals surface area contributed by atoms with Crippen LogP contribution < -0.4 is 4.90 Å². The van der Waals surface area contributed by atoms with Crippen molar-refractivity contribution in [2.75, 3.05) is 11.9 Å². The van der Waals surface area contributed by atoms with Gasteiger partial charge in [0, 0.05) is 18.3 Å². The molecule has 3 aromatic carbocycles. The van der Waals surface area contributed by atoms with Gasteiger partial charge in [-0.2, -0.15) is 0 Å². The van der Waals surface area contributed by atoms with Crippen LogP contribution in [0.2, 0.25) is 0 Å². The molecule has 26 heavy (non-hydrogen) atoms. The van der Waals surface area contributed by atoms with Crippen molar-refractivity contribution in [3.63, 3.8) is 0 Å². The number of aliphatic imine (C=N–C) groups is 1. The molecule has 0 radical (unpaired) electrons. The van der Waals surface area contributed by atoms with Crippen molar-refractivity contribution >= 4 is 17.1 Å². The molecule has 0 aromatic heterocycles. The largest absolute Gasteiger partial charge is 0.359 e. The maximum absolute atomic E-state index is 5.17. The highest BCUT2D eigenvalue weighted by atomic mass is 15.2. The summed E-state index contributed by atoms with van der Waals surface area (Å²) in [7, 11) is 2.20. The molecule has 2 nitrogen and oxygen atoms in total. The molecule has 1 atom stereocenters. The number of hydrogen-bond donors (Lipinski definition) is 0. The first-order valence-corrected chi connectivity index (χ1v) is 9.30. The number of rotatable bonds is 4. The van der Waals surface area contributed by atoms with Crippen molar-refractivity contribution < 1.29 is 0 Å². The summed E-state index contributed by atoms with van der Waals surface area (Å²) in [5.74, 6) is 0. The highest BCUT2D eigenvalue weighted by Crippen LogP contribution is 2.47. The predicted octanol–water partition coefficient (Wildman–Crippen LogP) is 5.95. The van der Waals surface area contributed by atoms with Crippen LogP contribution >= 0.6 is 0 Å². The summed E-state index contributed by atoms with van der Waals surface area (Å²) in [6.07, 6.45) is 2.11. The van der Waals surface area contributed by atoms with Gasteiger partial charge in [-0.25, -0.2) is 4.99 Å². The zero-order chi connectivity index (χ0) is 18.0.